The van der Waals surface area contributed by atoms with E-state index in [0.29, 0.717) is 5.56 Å². The van der Waals surface area contributed by atoms with E-state index in [1.54, 1.807) is 36.4 Å². The van der Waals surface area contributed by atoms with Gasteiger partial charge in [-0.1, -0.05) is 56.4 Å². The van der Waals surface area contributed by atoms with Crippen molar-refractivity contribution in [3.63, 3.8) is 0 Å². The number of benzene rings is 1. The molecule has 1 aromatic rings. The molecular formula is C12H14N2OS. The lowest BCUT2D eigenvalue weighted by Gasteiger charge is -2.05. The van der Waals surface area contributed by atoms with Crippen LogP contribution in [0.3, 0.4) is 0 Å². The van der Waals surface area contributed by atoms with Crippen molar-refractivity contribution < 1.29 is 4.79 Å². The van der Waals surface area contributed by atoms with E-state index in [1.807, 2.05) is 13.8 Å². The molecule has 1 atom stereocenters. The van der Waals surface area contributed by atoms with Crippen molar-refractivity contribution in [2.75, 3.05) is 0 Å². The zero-order valence-corrected chi connectivity index (χ0v) is 10.1. The maximum Gasteiger partial charge on any atom is 0.186 e. The number of ketones is 1. The van der Waals surface area contributed by atoms with Gasteiger partial charge >= 0.3 is 0 Å². The van der Waals surface area contributed by atoms with Crippen LogP contribution in [0.25, 0.3) is 0 Å². The molecule has 3 nitrogen and oxygen atoms in total. The summed E-state index contributed by atoms with van der Waals surface area (Å²) in [5, 5.41) is 8.69. The molecule has 0 bridgehead atoms. The Morgan fingerprint density at radius 1 is 1.38 bits per heavy atom. The number of carbonyl (C=O) groups is 1. The second kappa shape index (κ2) is 7.55. The largest absolute Gasteiger partial charge is 0.392 e. The first-order valence-corrected chi connectivity index (χ1v) is 5.36. The van der Waals surface area contributed by atoms with Gasteiger partial charge in [0.25, 0.3) is 0 Å². The Bertz CT molecular complexity index is 395. The van der Waals surface area contributed by atoms with E-state index in [9.17, 15) is 4.79 Å². The lowest BCUT2D eigenvalue weighted by atomic mass is 9.99. The minimum Gasteiger partial charge on any atom is -0.392 e. The van der Waals surface area contributed by atoms with Crippen LogP contribution in [0.15, 0.2) is 30.3 Å². The highest BCUT2D eigenvalue weighted by atomic mass is 32.1. The normalized spacial score (nSPS) is 10.3. The predicted molar refractivity (Wildman–Crippen MR) is 68.0 cm³/mol. The first-order chi connectivity index (χ1) is 7.66. The van der Waals surface area contributed by atoms with Crippen molar-refractivity contribution in [1.29, 1.82) is 5.26 Å². The quantitative estimate of drug-likeness (QED) is 0.643. The molecule has 0 radical (unpaired) electrons. The molecular weight excluding hydrogens is 220 g/mol. The van der Waals surface area contributed by atoms with Crippen molar-refractivity contribution in [2.45, 2.75) is 13.8 Å². The highest BCUT2D eigenvalue weighted by Crippen LogP contribution is 2.08. The molecule has 0 heterocycles. The van der Waals surface area contributed by atoms with E-state index >= 15 is 0 Å². The number of rotatable bonds is 3. The van der Waals surface area contributed by atoms with Gasteiger partial charge in [0.2, 0.25) is 0 Å². The number of hydrogen-bond donors (Lipinski definition) is 1. The molecule has 1 aromatic carbocycles. The van der Waals surface area contributed by atoms with Crippen molar-refractivity contribution in [3.8, 4) is 6.07 Å². The Morgan fingerprint density at radius 2 is 1.88 bits per heavy atom. The van der Waals surface area contributed by atoms with Crippen LogP contribution in [0.1, 0.15) is 24.2 Å². The van der Waals surface area contributed by atoms with Gasteiger partial charge in [-0.3, -0.25) is 4.79 Å². The summed E-state index contributed by atoms with van der Waals surface area (Å²) < 4.78 is 0. The maximum atomic E-state index is 11.6. The van der Waals surface area contributed by atoms with Crippen molar-refractivity contribution in [2.24, 2.45) is 11.7 Å². The van der Waals surface area contributed by atoms with Crippen LogP contribution in [0.2, 0.25) is 0 Å². The smallest absolute Gasteiger partial charge is 0.186 e. The predicted octanol–water partition coefficient (Wildman–Crippen LogP) is 2.32. The van der Waals surface area contributed by atoms with Gasteiger partial charge in [-0.05, 0) is 0 Å². The summed E-state index contributed by atoms with van der Waals surface area (Å²) in [5.74, 6) is -1.37. The van der Waals surface area contributed by atoms with Crippen LogP contribution < -0.4 is 5.73 Å². The zero-order valence-electron chi connectivity index (χ0n) is 9.31. The van der Waals surface area contributed by atoms with Crippen molar-refractivity contribution in [1.82, 2.24) is 0 Å². The van der Waals surface area contributed by atoms with Gasteiger partial charge in [0, 0.05) is 5.56 Å². The van der Waals surface area contributed by atoms with Crippen molar-refractivity contribution >= 4 is 23.0 Å². The lowest BCUT2D eigenvalue weighted by Crippen LogP contribution is -2.27. The second-order valence-corrected chi connectivity index (χ2v) is 3.17. The number of carbonyl (C=O) groups excluding carboxylic acids is 1. The summed E-state index contributed by atoms with van der Waals surface area (Å²) in [7, 11) is 0. The van der Waals surface area contributed by atoms with Crippen LogP contribution in [0, 0.1) is 17.2 Å². The van der Waals surface area contributed by atoms with E-state index in [1.165, 1.54) is 0 Å². The highest BCUT2D eigenvalue weighted by molar-refractivity contribution is 7.80. The van der Waals surface area contributed by atoms with E-state index in [-0.39, 0.29) is 10.8 Å². The van der Waals surface area contributed by atoms with Gasteiger partial charge in [-0.2, -0.15) is 5.26 Å². The lowest BCUT2D eigenvalue weighted by molar-refractivity contribution is 0.0975. The molecule has 0 saturated heterocycles. The molecule has 2 N–H and O–H groups in total. The van der Waals surface area contributed by atoms with Gasteiger partial charge < -0.3 is 5.73 Å². The van der Waals surface area contributed by atoms with Gasteiger partial charge in [0.1, 0.15) is 0 Å². The monoisotopic (exact) mass is 234 g/mol. The molecule has 0 aliphatic rings. The SMILES string of the molecule is CC.N#CC(C(=O)c1ccccc1)C(N)=S. The second-order valence-electron chi connectivity index (χ2n) is 2.69. The summed E-state index contributed by atoms with van der Waals surface area (Å²) >= 11 is 4.63. The fraction of sp³-hybridized carbons (Fsp3) is 0.250. The number of nitrogens with two attached hydrogens (primary N) is 1. The first-order valence-electron chi connectivity index (χ1n) is 4.95. The fourth-order valence-electron chi connectivity index (χ4n) is 1.02. The van der Waals surface area contributed by atoms with Crippen LogP contribution >= 0.6 is 12.2 Å². The molecule has 16 heavy (non-hydrogen) atoms. The van der Waals surface area contributed by atoms with E-state index in [2.05, 4.69) is 12.2 Å². The number of Topliss-reactive ketones (excluding diaryl/α,β-unsaturated/α-hetero) is 1. The average molecular weight is 234 g/mol. The molecule has 4 heteroatoms. The highest BCUT2D eigenvalue weighted by Gasteiger charge is 2.21. The average Bonchev–Trinajstić information content (AvgIpc) is 2.33. The maximum absolute atomic E-state index is 11.6. The molecule has 0 fully saturated rings. The number of nitriles is 1. The van der Waals surface area contributed by atoms with Crippen LogP contribution in [0.5, 0.6) is 0 Å². The molecule has 84 valence electrons. The number of thiocarbonyl (C=S) groups is 1. The Balaban J connectivity index is 0.00000106. The third kappa shape index (κ3) is 3.79. The molecule has 0 spiro atoms. The van der Waals surface area contributed by atoms with E-state index in [4.69, 9.17) is 11.0 Å². The molecule has 1 unspecified atom stereocenters. The third-order valence-electron chi connectivity index (χ3n) is 1.73. The Kier molecular flexibility index (Phi) is 6.73. The summed E-state index contributed by atoms with van der Waals surface area (Å²) in [5.41, 5.74) is 5.72. The minimum absolute atomic E-state index is 0.0821. The molecule has 0 aliphatic heterocycles. The number of hydrogen-bond acceptors (Lipinski definition) is 3. The van der Waals surface area contributed by atoms with Gasteiger partial charge in [-0.15, -0.1) is 0 Å². The van der Waals surface area contributed by atoms with Gasteiger partial charge in [0.05, 0.1) is 11.1 Å². The molecule has 0 amide bonds. The van der Waals surface area contributed by atoms with Gasteiger partial charge in [-0.25, -0.2) is 0 Å². The Morgan fingerprint density at radius 3 is 2.25 bits per heavy atom. The summed E-state index contributed by atoms with van der Waals surface area (Å²) in [6.45, 7) is 4.00. The van der Waals surface area contributed by atoms with Gasteiger partial charge in [0.15, 0.2) is 11.7 Å². The van der Waals surface area contributed by atoms with Crippen LogP contribution in [0.4, 0.5) is 0 Å². The van der Waals surface area contributed by atoms with E-state index in [0.717, 1.165) is 0 Å². The summed E-state index contributed by atoms with van der Waals surface area (Å²) in [4.78, 5) is 11.5. The third-order valence-corrected chi connectivity index (χ3v) is 1.97. The first kappa shape index (κ1) is 14.3. The van der Waals surface area contributed by atoms with Crippen LogP contribution in [-0.4, -0.2) is 10.8 Å². The number of nitrogens with zero attached hydrogens (tertiary/aromatic N) is 1. The molecule has 0 saturated carbocycles. The minimum atomic E-state index is -1.02. The fourth-order valence-corrected chi connectivity index (χ4v) is 1.18. The standard InChI is InChI=1S/C10H8N2OS.C2H6/c11-6-8(10(12)14)9(13)7-4-2-1-3-5-7;1-2/h1-5,8H,(H2,12,14);1-2H3. The molecule has 0 aromatic heterocycles. The van der Waals surface area contributed by atoms with Crippen LogP contribution in [-0.2, 0) is 0 Å². The Labute approximate surface area is 101 Å². The van der Waals surface area contributed by atoms with Crippen molar-refractivity contribution in [3.05, 3.63) is 35.9 Å². The molecule has 1 rings (SSSR count). The molecule has 0 aliphatic carbocycles. The van der Waals surface area contributed by atoms with E-state index < -0.39 is 5.92 Å². The zero-order chi connectivity index (χ0) is 12.6. The summed E-state index contributed by atoms with van der Waals surface area (Å²) in [6, 6.07) is 10.3. The topological polar surface area (TPSA) is 66.9 Å². The summed E-state index contributed by atoms with van der Waals surface area (Å²) in [6.07, 6.45) is 0. The Hall–Kier alpha value is -1.73.